The summed E-state index contributed by atoms with van der Waals surface area (Å²) in [5, 5.41) is 5.76. The molecule has 4 amide bonds. The van der Waals surface area contributed by atoms with E-state index in [0.29, 0.717) is 47.4 Å². The second-order valence-corrected chi connectivity index (χ2v) is 15.7. The van der Waals surface area contributed by atoms with E-state index < -0.39 is 62.5 Å². The zero-order valence-electron chi connectivity index (χ0n) is 28.5. The minimum Gasteiger partial charge on any atom is -0.496 e. The maximum atomic E-state index is 14.1. The molecule has 2 saturated carbocycles. The van der Waals surface area contributed by atoms with Gasteiger partial charge in [-0.1, -0.05) is 18.6 Å². The lowest BCUT2D eigenvalue weighted by Crippen LogP contribution is -2.57. The first-order valence-electron chi connectivity index (χ1n) is 17.4. The molecule has 51 heavy (non-hydrogen) atoms. The number of allylic oxidation sites excluding steroid dienone is 1. The highest BCUT2D eigenvalue weighted by atomic mass is 32.2. The average Bonchev–Trinajstić information content (AvgIpc) is 4.03. The van der Waals surface area contributed by atoms with Gasteiger partial charge >= 0.3 is 6.03 Å². The number of carbonyl (C=O) groups is 3. The second-order valence-electron chi connectivity index (χ2n) is 13.7. The van der Waals surface area contributed by atoms with Crippen molar-refractivity contribution >= 4 is 38.8 Å². The van der Waals surface area contributed by atoms with E-state index in [1.807, 2.05) is 19.1 Å². The Morgan fingerprint density at radius 3 is 2.61 bits per heavy atom. The smallest absolute Gasteiger partial charge is 0.318 e. The van der Waals surface area contributed by atoms with E-state index in [0.717, 1.165) is 31.2 Å². The number of nitrogens with one attached hydrogen (secondary N) is 3. The quantitative estimate of drug-likeness (QED) is 0.307. The Morgan fingerprint density at radius 2 is 1.86 bits per heavy atom. The summed E-state index contributed by atoms with van der Waals surface area (Å²) < 4.78 is 53.5. The third kappa shape index (κ3) is 7.08. The highest BCUT2D eigenvalue weighted by Gasteiger charge is 2.62. The van der Waals surface area contributed by atoms with Crippen molar-refractivity contribution in [2.24, 2.45) is 5.92 Å². The van der Waals surface area contributed by atoms with Crippen LogP contribution in [0.3, 0.4) is 0 Å². The van der Waals surface area contributed by atoms with E-state index >= 15 is 0 Å². The van der Waals surface area contributed by atoms with Crippen LogP contribution < -0.4 is 24.8 Å². The number of ether oxygens (including phenoxy) is 2. The predicted octanol–water partition coefficient (Wildman–Crippen LogP) is 3.90. The SMILES string of the molecule is COc1ccc2c(O[C@@H]3C[C@H]4C(=O)N[C@]5(C(=O)NS(=O)(=O)C6CC6)CC5/C=C\CCCCCNC(=O)N4C3)nc(-c3ccc(F)cc3)nc2c1C. The van der Waals surface area contributed by atoms with Crippen LogP contribution in [0.15, 0.2) is 48.6 Å². The summed E-state index contributed by atoms with van der Waals surface area (Å²) in [4.78, 5) is 52.1. The van der Waals surface area contributed by atoms with Crippen molar-refractivity contribution in [3.63, 3.8) is 0 Å². The number of benzene rings is 2. The van der Waals surface area contributed by atoms with Crippen molar-refractivity contribution in [3.05, 3.63) is 59.9 Å². The van der Waals surface area contributed by atoms with Gasteiger partial charge < -0.3 is 25.0 Å². The summed E-state index contributed by atoms with van der Waals surface area (Å²) in [6, 6.07) is 7.85. The largest absolute Gasteiger partial charge is 0.496 e. The molecule has 2 aliphatic heterocycles. The number of halogens is 1. The fraction of sp³-hybridized carbons (Fsp3) is 0.472. The number of rotatable bonds is 7. The van der Waals surface area contributed by atoms with E-state index in [-0.39, 0.29) is 25.3 Å². The Morgan fingerprint density at radius 1 is 1.08 bits per heavy atom. The van der Waals surface area contributed by atoms with Crippen LogP contribution in [0, 0.1) is 18.7 Å². The molecule has 0 spiro atoms. The molecular weight excluding hydrogens is 679 g/mol. The van der Waals surface area contributed by atoms with Crippen LogP contribution in [0.25, 0.3) is 22.3 Å². The molecule has 4 aliphatic rings. The van der Waals surface area contributed by atoms with E-state index in [2.05, 4.69) is 15.4 Å². The van der Waals surface area contributed by atoms with Gasteiger partial charge in [0, 0.05) is 30.0 Å². The summed E-state index contributed by atoms with van der Waals surface area (Å²) in [5.74, 6) is -1.04. The van der Waals surface area contributed by atoms with E-state index in [1.54, 1.807) is 31.4 Å². The Kier molecular flexibility index (Phi) is 9.33. The van der Waals surface area contributed by atoms with Crippen LogP contribution >= 0.6 is 0 Å². The Labute approximate surface area is 295 Å². The summed E-state index contributed by atoms with van der Waals surface area (Å²) in [5.41, 5.74) is 0.400. The molecule has 1 unspecified atom stereocenters. The summed E-state index contributed by atoms with van der Waals surface area (Å²) in [6.45, 7) is 2.32. The fourth-order valence-corrected chi connectivity index (χ4v) is 8.29. The average molecular weight is 721 g/mol. The fourth-order valence-electron chi connectivity index (χ4n) is 6.93. The summed E-state index contributed by atoms with van der Waals surface area (Å²) in [7, 11) is -2.30. The standard InChI is InChI=1S/C36H41FN6O7S/c1-21-29(49-2)16-15-27-30(21)39-31(22-9-11-24(37)12-10-22)40-33(27)50-25-18-28-32(44)41-36(34(45)42-51(47,48)26-13-14-26)19-23(36)8-6-4-3-5-7-17-38-35(46)43(28)20-25/h6,8-12,15-16,23,25-26,28H,3-5,7,13-14,17-20H2,1-2H3,(H,38,46)(H,41,44)(H,42,45)/b8-6-/t23?,25-,28+,36-/m1/s1. The van der Waals surface area contributed by atoms with Crippen molar-refractivity contribution in [2.75, 3.05) is 20.2 Å². The number of methoxy groups -OCH3 is 1. The van der Waals surface area contributed by atoms with Gasteiger partial charge in [-0.3, -0.25) is 14.3 Å². The Balaban J connectivity index is 1.20. The van der Waals surface area contributed by atoms with Gasteiger partial charge in [0.15, 0.2) is 5.82 Å². The molecule has 1 aromatic heterocycles. The number of aromatic nitrogens is 2. The first kappa shape index (κ1) is 34.6. The van der Waals surface area contributed by atoms with Crippen LogP contribution in [0.4, 0.5) is 9.18 Å². The highest BCUT2D eigenvalue weighted by Crippen LogP contribution is 2.46. The van der Waals surface area contributed by atoms with Gasteiger partial charge in [-0.15, -0.1) is 0 Å². The number of aryl methyl sites for hydroxylation is 1. The number of carbonyl (C=O) groups excluding carboxylic acids is 3. The van der Waals surface area contributed by atoms with Crippen molar-refractivity contribution in [2.45, 2.75) is 81.2 Å². The minimum absolute atomic E-state index is 0.0367. The molecule has 2 aliphatic carbocycles. The van der Waals surface area contributed by atoms with Crippen LogP contribution in [-0.2, 0) is 19.6 Å². The summed E-state index contributed by atoms with van der Waals surface area (Å²) >= 11 is 0. The Bertz CT molecular complexity index is 2000. The molecule has 15 heteroatoms. The van der Waals surface area contributed by atoms with Gasteiger partial charge in [0.25, 0.3) is 5.91 Å². The maximum Gasteiger partial charge on any atom is 0.318 e. The molecule has 3 fully saturated rings. The van der Waals surface area contributed by atoms with Gasteiger partial charge in [-0.05, 0) is 81.8 Å². The number of fused-ring (bicyclic) bond motifs is 3. The summed E-state index contributed by atoms with van der Waals surface area (Å²) in [6.07, 6.45) is 7.69. The molecule has 270 valence electrons. The number of urea groups is 1. The first-order valence-corrected chi connectivity index (χ1v) is 18.9. The van der Waals surface area contributed by atoms with Gasteiger partial charge in [0.05, 0.1) is 29.8 Å². The van der Waals surface area contributed by atoms with E-state index in [4.69, 9.17) is 19.4 Å². The topological polar surface area (TPSA) is 169 Å². The number of hydrogen-bond donors (Lipinski definition) is 3. The third-order valence-electron chi connectivity index (χ3n) is 10.1. The van der Waals surface area contributed by atoms with Crippen LogP contribution in [0.5, 0.6) is 11.6 Å². The van der Waals surface area contributed by atoms with Gasteiger partial charge in [-0.2, -0.15) is 4.98 Å². The molecule has 3 aromatic rings. The van der Waals surface area contributed by atoms with Crippen molar-refractivity contribution in [1.29, 1.82) is 0 Å². The molecule has 4 atom stereocenters. The molecule has 3 N–H and O–H groups in total. The van der Waals surface area contributed by atoms with Gasteiger partial charge in [0.1, 0.15) is 29.3 Å². The molecule has 7 rings (SSSR count). The van der Waals surface area contributed by atoms with Gasteiger partial charge in [0.2, 0.25) is 21.8 Å². The Hall–Kier alpha value is -4.79. The first-order chi connectivity index (χ1) is 24.5. The second kappa shape index (κ2) is 13.7. The van der Waals surface area contributed by atoms with Crippen molar-refractivity contribution in [1.82, 2.24) is 30.2 Å². The zero-order valence-corrected chi connectivity index (χ0v) is 29.3. The zero-order chi connectivity index (χ0) is 35.9. The number of amides is 4. The minimum atomic E-state index is -3.86. The van der Waals surface area contributed by atoms with Crippen molar-refractivity contribution < 1.29 is 36.7 Å². The predicted molar refractivity (Wildman–Crippen MR) is 186 cm³/mol. The molecule has 13 nitrogen and oxygen atoms in total. The van der Waals surface area contributed by atoms with Crippen LogP contribution in [0.1, 0.15) is 56.9 Å². The molecular formula is C36H41FN6O7S. The highest BCUT2D eigenvalue weighted by molar-refractivity contribution is 7.91. The normalized spacial score (nSPS) is 26.1. The molecule has 0 bridgehead atoms. The van der Waals surface area contributed by atoms with Crippen molar-refractivity contribution in [3.8, 4) is 23.0 Å². The molecule has 2 aromatic carbocycles. The lowest BCUT2D eigenvalue weighted by molar-refractivity contribution is -0.131. The molecule has 1 saturated heterocycles. The van der Waals surface area contributed by atoms with E-state index in [1.165, 1.54) is 17.0 Å². The number of nitrogens with zero attached hydrogens (tertiary/aromatic N) is 3. The monoisotopic (exact) mass is 720 g/mol. The molecule has 0 radical (unpaired) electrons. The van der Waals surface area contributed by atoms with Gasteiger partial charge in [-0.25, -0.2) is 22.6 Å². The van der Waals surface area contributed by atoms with Crippen LogP contribution in [-0.4, -0.2) is 84.3 Å². The lowest BCUT2D eigenvalue weighted by atomic mass is 10.1. The third-order valence-corrected chi connectivity index (χ3v) is 11.9. The lowest BCUT2D eigenvalue weighted by Gasteiger charge is -2.26. The number of sulfonamides is 1. The molecule has 3 heterocycles. The van der Waals surface area contributed by atoms with Crippen LogP contribution in [0.2, 0.25) is 0 Å². The van der Waals surface area contributed by atoms with E-state index in [9.17, 15) is 27.2 Å². The number of hydrogen-bond acceptors (Lipinski definition) is 9. The maximum absolute atomic E-state index is 14.1.